The molecule has 1 atom stereocenters. The van der Waals surface area contributed by atoms with E-state index in [1.165, 1.54) is 38.2 Å². The van der Waals surface area contributed by atoms with Crippen LogP contribution in [-0.2, 0) is 11.3 Å². The maximum Gasteiger partial charge on any atom is 0.241 e. The molecule has 1 fully saturated rings. The predicted molar refractivity (Wildman–Crippen MR) is 114 cm³/mol. The molecule has 29 heavy (non-hydrogen) atoms. The van der Waals surface area contributed by atoms with Gasteiger partial charge in [0.1, 0.15) is 6.54 Å². The number of nitrogens with zero attached hydrogens (tertiary/aromatic N) is 3. The van der Waals surface area contributed by atoms with Crippen molar-refractivity contribution in [2.45, 2.75) is 59.0 Å². The van der Waals surface area contributed by atoms with Crippen LogP contribution in [0.1, 0.15) is 66.0 Å². The van der Waals surface area contributed by atoms with Crippen molar-refractivity contribution < 1.29 is 9.59 Å². The minimum atomic E-state index is -0.0820. The lowest BCUT2D eigenvalue weighted by Gasteiger charge is -2.31. The summed E-state index contributed by atoms with van der Waals surface area (Å²) in [5.41, 5.74) is 3.27. The minimum absolute atomic E-state index is 0.0167. The van der Waals surface area contributed by atoms with Gasteiger partial charge in [-0.15, -0.1) is 0 Å². The molecular weight excluding hydrogens is 364 g/mol. The normalized spacial score (nSPS) is 16.2. The highest BCUT2D eigenvalue weighted by molar-refractivity contribution is 5.96. The summed E-state index contributed by atoms with van der Waals surface area (Å²) >= 11 is 0. The number of benzene rings is 1. The van der Waals surface area contributed by atoms with Gasteiger partial charge in [-0.1, -0.05) is 43.2 Å². The summed E-state index contributed by atoms with van der Waals surface area (Å²) in [6, 6.07) is 10.6. The van der Waals surface area contributed by atoms with Crippen LogP contribution in [0.25, 0.3) is 0 Å². The fourth-order valence-corrected chi connectivity index (χ4v) is 4.30. The van der Waals surface area contributed by atoms with Crippen molar-refractivity contribution in [2.75, 3.05) is 19.6 Å². The van der Waals surface area contributed by atoms with Crippen LogP contribution in [0.5, 0.6) is 0 Å². The molecule has 2 heterocycles. The van der Waals surface area contributed by atoms with Gasteiger partial charge in [-0.2, -0.15) is 5.10 Å². The predicted octanol–water partition coefficient (Wildman–Crippen LogP) is 3.44. The molecule has 2 aromatic rings. The molecule has 1 aliphatic rings. The van der Waals surface area contributed by atoms with Gasteiger partial charge in [0.25, 0.3) is 0 Å². The molecule has 0 saturated carbocycles. The van der Waals surface area contributed by atoms with E-state index in [0.717, 1.165) is 18.8 Å². The average molecular weight is 397 g/mol. The number of rotatable bonds is 7. The van der Waals surface area contributed by atoms with Gasteiger partial charge in [0.05, 0.1) is 17.3 Å². The van der Waals surface area contributed by atoms with E-state index in [9.17, 15) is 9.59 Å². The minimum Gasteiger partial charge on any atom is -0.353 e. The summed E-state index contributed by atoms with van der Waals surface area (Å²) in [5.74, 6) is -0.0987. The number of nitrogens with one attached hydrogen (secondary N) is 1. The monoisotopic (exact) mass is 396 g/mol. The molecule has 1 saturated heterocycles. The first-order valence-electron chi connectivity index (χ1n) is 10.6. The fourth-order valence-electron chi connectivity index (χ4n) is 4.30. The number of hydrogen-bond acceptors (Lipinski definition) is 4. The largest absolute Gasteiger partial charge is 0.353 e. The summed E-state index contributed by atoms with van der Waals surface area (Å²) in [6.07, 6.45) is 4.97. The van der Waals surface area contributed by atoms with E-state index in [1.807, 2.05) is 19.9 Å². The lowest BCUT2D eigenvalue weighted by molar-refractivity contribution is -0.122. The molecule has 1 N–H and O–H groups in total. The molecule has 0 spiro atoms. The third kappa shape index (κ3) is 5.32. The molecule has 1 aliphatic heterocycles. The van der Waals surface area contributed by atoms with Crippen LogP contribution >= 0.6 is 0 Å². The zero-order valence-corrected chi connectivity index (χ0v) is 17.8. The number of carbonyl (C=O) groups is 2. The van der Waals surface area contributed by atoms with Crippen LogP contribution < -0.4 is 5.32 Å². The molecule has 0 radical (unpaired) electrons. The Morgan fingerprint density at radius 2 is 1.72 bits per heavy atom. The second kappa shape index (κ2) is 9.83. The van der Waals surface area contributed by atoms with Gasteiger partial charge in [-0.25, -0.2) is 0 Å². The van der Waals surface area contributed by atoms with Crippen LogP contribution in [-0.4, -0.2) is 46.0 Å². The van der Waals surface area contributed by atoms with Crippen molar-refractivity contribution >= 4 is 11.7 Å². The van der Waals surface area contributed by atoms with Crippen molar-refractivity contribution in [1.29, 1.82) is 0 Å². The molecule has 1 aromatic heterocycles. The molecule has 6 nitrogen and oxygen atoms in total. The van der Waals surface area contributed by atoms with Gasteiger partial charge >= 0.3 is 0 Å². The van der Waals surface area contributed by atoms with E-state index < -0.39 is 0 Å². The highest BCUT2D eigenvalue weighted by Gasteiger charge is 2.23. The number of aryl methyl sites for hydroxylation is 1. The highest BCUT2D eigenvalue weighted by atomic mass is 16.2. The average Bonchev–Trinajstić information content (AvgIpc) is 2.87. The first-order chi connectivity index (χ1) is 14.0. The fraction of sp³-hybridized carbons (Fsp3) is 0.522. The van der Waals surface area contributed by atoms with Gasteiger partial charge in [-0.05, 0) is 52.3 Å². The molecule has 0 unspecified atom stereocenters. The zero-order valence-electron chi connectivity index (χ0n) is 17.8. The molecule has 1 aromatic carbocycles. The van der Waals surface area contributed by atoms with Crippen LogP contribution in [0.4, 0.5) is 0 Å². The first-order valence-corrected chi connectivity index (χ1v) is 10.6. The molecule has 3 rings (SSSR count). The molecular formula is C23H32N4O2. The zero-order chi connectivity index (χ0) is 20.8. The van der Waals surface area contributed by atoms with E-state index >= 15 is 0 Å². The summed E-state index contributed by atoms with van der Waals surface area (Å²) < 4.78 is 1.63. The van der Waals surface area contributed by atoms with E-state index in [0.29, 0.717) is 17.8 Å². The van der Waals surface area contributed by atoms with E-state index in [4.69, 9.17) is 0 Å². The molecule has 6 heteroatoms. The lowest BCUT2D eigenvalue weighted by Crippen LogP contribution is -2.39. The molecule has 0 aliphatic carbocycles. The van der Waals surface area contributed by atoms with E-state index in [-0.39, 0.29) is 24.3 Å². The maximum absolute atomic E-state index is 12.7. The number of ketones is 1. The summed E-state index contributed by atoms with van der Waals surface area (Å²) in [6.45, 7) is 8.01. The Hall–Kier alpha value is -2.47. The Labute approximate surface area is 173 Å². The quantitative estimate of drug-likeness (QED) is 0.728. The number of amides is 1. The van der Waals surface area contributed by atoms with Crippen molar-refractivity contribution in [3.05, 3.63) is 52.8 Å². The van der Waals surface area contributed by atoms with E-state index in [2.05, 4.69) is 39.6 Å². The smallest absolute Gasteiger partial charge is 0.241 e. The van der Waals surface area contributed by atoms with Gasteiger partial charge in [0.15, 0.2) is 5.78 Å². The van der Waals surface area contributed by atoms with E-state index in [1.54, 1.807) is 4.68 Å². The Kier molecular flexibility index (Phi) is 7.20. The van der Waals surface area contributed by atoms with Gasteiger partial charge < -0.3 is 5.32 Å². The Balaban J connectivity index is 1.68. The third-order valence-electron chi connectivity index (χ3n) is 5.79. The van der Waals surface area contributed by atoms with Gasteiger partial charge in [0.2, 0.25) is 5.91 Å². The second-order valence-electron chi connectivity index (χ2n) is 7.94. The molecule has 156 valence electrons. The van der Waals surface area contributed by atoms with Crippen molar-refractivity contribution in [3.63, 3.8) is 0 Å². The van der Waals surface area contributed by atoms with Crippen molar-refractivity contribution in [3.8, 4) is 0 Å². The maximum atomic E-state index is 12.7. The topological polar surface area (TPSA) is 67.2 Å². The third-order valence-corrected chi connectivity index (χ3v) is 5.79. The van der Waals surface area contributed by atoms with Gasteiger partial charge in [-0.3, -0.25) is 19.2 Å². The van der Waals surface area contributed by atoms with Gasteiger partial charge in [0, 0.05) is 12.2 Å². The number of carbonyl (C=O) groups excluding carboxylic acids is 2. The van der Waals surface area contributed by atoms with Crippen LogP contribution in [0.2, 0.25) is 0 Å². The Morgan fingerprint density at radius 1 is 1.07 bits per heavy atom. The second-order valence-corrected chi connectivity index (χ2v) is 7.94. The first kappa shape index (κ1) is 21.2. The number of aromatic nitrogens is 2. The highest BCUT2D eigenvalue weighted by Crippen LogP contribution is 2.23. The lowest BCUT2D eigenvalue weighted by atomic mass is 10.0. The molecule has 1 amide bonds. The Bertz CT molecular complexity index is 836. The summed E-state index contributed by atoms with van der Waals surface area (Å²) in [7, 11) is 0. The number of hydrogen-bond donors (Lipinski definition) is 1. The van der Waals surface area contributed by atoms with Crippen molar-refractivity contribution in [1.82, 2.24) is 20.0 Å². The number of Topliss-reactive ketones (excluding diaryl/α,β-unsaturated/α-hetero) is 1. The molecule has 0 bridgehead atoms. The Morgan fingerprint density at radius 3 is 2.31 bits per heavy atom. The SMILES string of the molecule is CC(=O)c1c(C)nn(CC(=O)NC[C@@H](c2ccccc2)N2CCCCCC2)c1C. The standard InChI is InChI=1S/C23H32N4O2/c1-17-23(19(3)28)18(2)27(25-17)16-22(29)24-15-21(20-11-7-6-8-12-20)26-13-9-4-5-10-14-26/h6-8,11-12,21H,4-5,9-10,13-16H2,1-3H3,(H,24,29)/t21-/m0/s1. The number of likely N-dealkylation sites (tertiary alicyclic amines) is 1. The summed E-state index contributed by atoms with van der Waals surface area (Å²) in [4.78, 5) is 27.0. The summed E-state index contributed by atoms with van der Waals surface area (Å²) in [5, 5.41) is 7.49. The van der Waals surface area contributed by atoms with Crippen LogP contribution in [0, 0.1) is 13.8 Å². The van der Waals surface area contributed by atoms with Crippen molar-refractivity contribution in [2.24, 2.45) is 0 Å². The van der Waals surface area contributed by atoms with Crippen LogP contribution in [0.15, 0.2) is 30.3 Å². The van der Waals surface area contributed by atoms with Crippen LogP contribution in [0.3, 0.4) is 0 Å².